The molecule has 0 unspecified atom stereocenters. The van der Waals surface area contributed by atoms with E-state index < -0.39 is 0 Å². The number of fused-ring (bicyclic) bond motifs is 1. The summed E-state index contributed by atoms with van der Waals surface area (Å²) >= 11 is 0. The van der Waals surface area contributed by atoms with Crippen LogP contribution in [0.25, 0.3) is 5.69 Å². The van der Waals surface area contributed by atoms with E-state index in [4.69, 9.17) is 4.74 Å². The quantitative estimate of drug-likeness (QED) is 0.849. The van der Waals surface area contributed by atoms with Crippen LogP contribution in [0, 0.1) is 12.8 Å². The second-order valence-electron chi connectivity index (χ2n) is 6.34. The predicted molar refractivity (Wildman–Crippen MR) is 84.5 cm³/mol. The number of aromatic nitrogens is 3. The molecule has 0 aliphatic carbocycles. The van der Waals surface area contributed by atoms with Crippen molar-refractivity contribution in [2.24, 2.45) is 5.92 Å². The fraction of sp³-hybridized carbons (Fsp3) is 0.471. The summed E-state index contributed by atoms with van der Waals surface area (Å²) in [5.74, 6) is 0.617. The Labute approximate surface area is 135 Å². The van der Waals surface area contributed by atoms with Crippen LogP contribution in [-0.4, -0.2) is 51.4 Å². The molecule has 2 aromatic rings. The summed E-state index contributed by atoms with van der Waals surface area (Å²) < 4.78 is 7.43. The lowest BCUT2D eigenvalue weighted by Crippen LogP contribution is -2.44. The number of likely N-dealkylation sites (tertiary alicyclic amines) is 1. The highest BCUT2D eigenvalue weighted by Crippen LogP contribution is 2.29. The molecule has 0 radical (unpaired) electrons. The topological polar surface area (TPSA) is 60.2 Å². The first-order valence-electron chi connectivity index (χ1n) is 8.09. The number of hydrogen-bond acceptors (Lipinski definition) is 4. The monoisotopic (exact) mass is 312 g/mol. The van der Waals surface area contributed by atoms with Crippen LogP contribution in [0.5, 0.6) is 0 Å². The molecule has 0 bridgehead atoms. The van der Waals surface area contributed by atoms with E-state index in [1.54, 1.807) is 11.0 Å². The minimum Gasteiger partial charge on any atom is -0.378 e. The summed E-state index contributed by atoms with van der Waals surface area (Å²) in [4.78, 5) is 18.7. The molecule has 120 valence electrons. The van der Waals surface area contributed by atoms with E-state index in [9.17, 15) is 4.79 Å². The summed E-state index contributed by atoms with van der Waals surface area (Å²) in [6.07, 6.45) is 5.54. The summed E-state index contributed by atoms with van der Waals surface area (Å²) in [6, 6.07) is 5.75. The molecule has 6 heteroatoms. The van der Waals surface area contributed by atoms with E-state index in [1.807, 2.05) is 30.0 Å². The lowest BCUT2D eigenvalue weighted by Gasteiger charge is -2.34. The van der Waals surface area contributed by atoms with Gasteiger partial charge in [-0.15, -0.1) is 0 Å². The van der Waals surface area contributed by atoms with Crippen molar-refractivity contribution in [2.75, 3.05) is 19.7 Å². The highest BCUT2D eigenvalue weighted by molar-refractivity contribution is 5.94. The van der Waals surface area contributed by atoms with Crippen LogP contribution in [0.3, 0.4) is 0 Å². The van der Waals surface area contributed by atoms with Crippen LogP contribution in [0.2, 0.25) is 0 Å². The molecule has 2 fully saturated rings. The lowest BCUT2D eigenvalue weighted by molar-refractivity contribution is 0.0306. The zero-order valence-corrected chi connectivity index (χ0v) is 13.2. The summed E-state index contributed by atoms with van der Waals surface area (Å²) in [6.45, 7) is 4.42. The maximum absolute atomic E-state index is 12.8. The van der Waals surface area contributed by atoms with Crippen molar-refractivity contribution in [3.05, 3.63) is 42.0 Å². The van der Waals surface area contributed by atoms with Crippen LogP contribution >= 0.6 is 0 Å². The zero-order valence-electron chi connectivity index (χ0n) is 13.2. The Balaban J connectivity index is 1.53. The zero-order chi connectivity index (χ0) is 15.8. The van der Waals surface area contributed by atoms with Crippen LogP contribution in [0.1, 0.15) is 28.8 Å². The molecule has 2 aliphatic rings. The average molecular weight is 312 g/mol. The van der Waals surface area contributed by atoms with Crippen LogP contribution in [0.4, 0.5) is 0 Å². The Bertz CT molecular complexity index is 713. The molecule has 0 spiro atoms. The number of hydrogen-bond donors (Lipinski definition) is 0. The highest BCUT2D eigenvalue weighted by Gasteiger charge is 2.35. The van der Waals surface area contributed by atoms with Crippen molar-refractivity contribution in [2.45, 2.75) is 25.9 Å². The van der Waals surface area contributed by atoms with Crippen LogP contribution in [0.15, 0.2) is 30.9 Å². The standard InChI is InChI=1S/C17H20N4O2/c1-12-8-13(2-3-15(12)21-11-18-10-19-21)17(22)20-6-4-16-14(9-20)5-7-23-16/h2-3,8,10-11,14,16H,4-7,9H2,1H3/t14-,16+/m0/s1. The lowest BCUT2D eigenvalue weighted by atomic mass is 9.93. The molecule has 0 N–H and O–H groups in total. The van der Waals surface area contributed by atoms with Gasteiger partial charge in [-0.1, -0.05) is 0 Å². The number of amides is 1. The van der Waals surface area contributed by atoms with E-state index in [-0.39, 0.29) is 5.91 Å². The third kappa shape index (κ3) is 2.63. The van der Waals surface area contributed by atoms with E-state index in [0.717, 1.165) is 49.4 Å². The molecule has 2 atom stereocenters. The Kier molecular flexibility index (Phi) is 3.61. The molecule has 1 aromatic heterocycles. The molecule has 1 aromatic carbocycles. The minimum atomic E-state index is 0.114. The molecule has 6 nitrogen and oxygen atoms in total. The number of carbonyl (C=O) groups excluding carboxylic acids is 1. The van der Waals surface area contributed by atoms with Gasteiger partial charge in [0.1, 0.15) is 12.7 Å². The van der Waals surface area contributed by atoms with Gasteiger partial charge in [-0.05, 0) is 43.5 Å². The smallest absolute Gasteiger partial charge is 0.253 e. The van der Waals surface area contributed by atoms with E-state index >= 15 is 0 Å². The second kappa shape index (κ2) is 5.77. The maximum Gasteiger partial charge on any atom is 0.253 e. The Hall–Kier alpha value is -2.21. The molecule has 2 saturated heterocycles. The fourth-order valence-electron chi connectivity index (χ4n) is 3.62. The Morgan fingerprint density at radius 3 is 3.04 bits per heavy atom. The van der Waals surface area contributed by atoms with Crippen molar-refractivity contribution < 1.29 is 9.53 Å². The van der Waals surface area contributed by atoms with Gasteiger partial charge in [0.15, 0.2) is 0 Å². The number of benzene rings is 1. The third-order valence-electron chi connectivity index (χ3n) is 4.88. The van der Waals surface area contributed by atoms with Crippen molar-refractivity contribution >= 4 is 5.91 Å². The van der Waals surface area contributed by atoms with Crippen molar-refractivity contribution in [1.29, 1.82) is 0 Å². The van der Waals surface area contributed by atoms with Gasteiger partial charge in [0.25, 0.3) is 5.91 Å². The first kappa shape index (κ1) is 14.4. The van der Waals surface area contributed by atoms with Crippen molar-refractivity contribution in [3.63, 3.8) is 0 Å². The van der Waals surface area contributed by atoms with Crippen LogP contribution < -0.4 is 0 Å². The van der Waals surface area contributed by atoms with E-state index in [0.29, 0.717) is 12.0 Å². The third-order valence-corrected chi connectivity index (χ3v) is 4.88. The van der Waals surface area contributed by atoms with Gasteiger partial charge in [-0.25, -0.2) is 9.67 Å². The summed E-state index contributed by atoms with van der Waals surface area (Å²) in [7, 11) is 0. The average Bonchev–Trinajstić information content (AvgIpc) is 3.24. The minimum absolute atomic E-state index is 0.114. The molecular weight excluding hydrogens is 292 g/mol. The molecule has 23 heavy (non-hydrogen) atoms. The molecule has 0 saturated carbocycles. The number of nitrogens with zero attached hydrogens (tertiary/aromatic N) is 4. The Morgan fingerprint density at radius 1 is 1.35 bits per heavy atom. The second-order valence-corrected chi connectivity index (χ2v) is 6.34. The fourth-order valence-corrected chi connectivity index (χ4v) is 3.62. The van der Waals surface area contributed by atoms with Gasteiger partial charge in [0, 0.05) is 31.2 Å². The number of ether oxygens (including phenoxy) is 1. The van der Waals surface area contributed by atoms with Gasteiger partial charge >= 0.3 is 0 Å². The molecule has 4 rings (SSSR count). The summed E-state index contributed by atoms with van der Waals surface area (Å²) in [5, 5.41) is 4.14. The first-order chi connectivity index (χ1) is 11.2. The SMILES string of the molecule is Cc1cc(C(=O)N2CC[C@H]3OCC[C@H]3C2)ccc1-n1cncn1. The predicted octanol–water partition coefficient (Wildman–Crippen LogP) is 1.83. The molecular formula is C17H20N4O2. The van der Waals surface area contributed by atoms with Crippen molar-refractivity contribution in [3.8, 4) is 5.69 Å². The van der Waals surface area contributed by atoms with Crippen molar-refractivity contribution in [1.82, 2.24) is 19.7 Å². The number of rotatable bonds is 2. The van der Waals surface area contributed by atoms with Crippen LogP contribution in [-0.2, 0) is 4.74 Å². The number of carbonyl (C=O) groups is 1. The van der Waals surface area contributed by atoms with Gasteiger partial charge in [-0.3, -0.25) is 4.79 Å². The molecule has 1 amide bonds. The normalized spacial score (nSPS) is 23.8. The Morgan fingerprint density at radius 2 is 2.26 bits per heavy atom. The van der Waals surface area contributed by atoms with E-state index in [1.165, 1.54) is 6.33 Å². The van der Waals surface area contributed by atoms with Gasteiger partial charge in [-0.2, -0.15) is 5.10 Å². The molecule has 2 aliphatic heterocycles. The maximum atomic E-state index is 12.8. The highest BCUT2D eigenvalue weighted by atomic mass is 16.5. The largest absolute Gasteiger partial charge is 0.378 e. The number of aryl methyl sites for hydroxylation is 1. The molecule has 3 heterocycles. The van der Waals surface area contributed by atoms with Gasteiger partial charge in [0.05, 0.1) is 11.8 Å². The van der Waals surface area contributed by atoms with Gasteiger partial charge in [0.2, 0.25) is 0 Å². The summed E-state index contributed by atoms with van der Waals surface area (Å²) in [5.41, 5.74) is 2.70. The first-order valence-corrected chi connectivity index (χ1v) is 8.09. The number of piperidine rings is 1. The van der Waals surface area contributed by atoms with Gasteiger partial charge < -0.3 is 9.64 Å². The van der Waals surface area contributed by atoms with E-state index in [2.05, 4.69) is 10.1 Å².